The van der Waals surface area contributed by atoms with Crippen molar-refractivity contribution in [2.45, 2.75) is 25.4 Å². The Labute approximate surface area is 116 Å². The minimum Gasteiger partial charge on any atom is -0.309 e. The van der Waals surface area contributed by atoms with Crippen LogP contribution in [0, 0.1) is 0 Å². The SMILES string of the molecule is CCCNC(c1ccccc1)C1CN2CCN1CC2. The van der Waals surface area contributed by atoms with E-state index in [0.717, 1.165) is 6.54 Å². The smallest absolute Gasteiger partial charge is 0.0490 e. The van der Waals surface area contributed by atoms with Gasteiger partial charge in [0.05, 0.1) is 0 Å². The molecule has 0 aromatic heterocycles. The summed E-state index contributed by atoms with van der Waals surface area (Å²) in [4.78, 5) is 5.30. The minimum absolute atomic E-state index is 0.476. The van der Waals surface area contributed by atoms with Gasteiger partial charge in [0.15, 0.2) is 0 Å². The molecule has 4 rings (SSSR count). The molecule has 1 aromatic carbocycles. The van der Waals surface area contributed by atoms with Gasteiger partial charge in [-0.2, -0.15) is 0 Å². The summed E-state index contributed by atoms with van der Waals surface area (Å²) in [6.07, 6.45) is 1.19. The molecule has 3 heteroatoms. The summed E-state index contributed by atoms with van der Waals surface area (Å²) in [6, 6.07) is 12.1. The molecule has 3 heterocycles. The van der Waals surface area contributed by atoms with Gasteiger partial charge < -0.3 is 5.32 Å². The molecule has 3 aliphatic rings. The highest BCUT2D eigenvalue weighted by Crippen LogP contribution is 2.27. The maximum absolute atomic E-state index is 3.77. The van der Waals surface area contributed by atoms with Gasteiger partial charge in [-0.1, -0.05) is 37.3 Å². The highest BCUT2D eigenvalue weighted by molar-refractivity contribution is 5.21. The molecular formula is C16H25N3. The van der Waals surface area contributed by atoms with Crippen LogP contribution >= 0.6 is 0 Å². The molecule has 3 fully saturated rings. The van der Waals surface area contributed by atoms with Gasteiger partial charge >= 0.3 is 0 Å². The monoisotopic (exact) mass is 259 g/mol. The number of hydrogen-bond acceptors (Lipinski definition) is 3. The van der Waals surface area contributed by atoms with Crippen molar-refractivity contribution >= 4 is 0 Å². The molecule has 3 nitrogen and oxygen atoms in total. The third-order valence-electron chi connectivity index (χ3n) is 4.48. The average molecular weight is 259 g/mol. The Morgan fingerprint density at radius 1 is 1.16 bits per heavy atom. The lowest BCUT2D eigenvalue weighted by Gasteiger charge is -2.50. The highest BCUT2D eigenvalue weighted by Gasteiger charge is 2.36. The number of benzene rings is 1. The van der Waals surface area contributed by atoms with E-state index in [9.17, 15) is 0 Å². The lowest BCUT2D eigenvalue weighted by Crippen LogP contribution is -2.64. The third-order valence-corrected chi connectivity index (χ3v) is 4.48. The Kier molecular flexibility index (Phi) is 4.16. The second-order valence-corrected chi connectivity index (χ2v) is 5.75. The van der Waals surface area contributed by atoms with Crippen molar-refractivity contribution in [3.8, 4) is 0 Å². The summed E-state index contributed by atoms with van der Waals surface area (Å²) in [5, 5.41) is 3.77. The zero-order chi connectivity index (χ0) is 13.1. The van der Waals surface area contributed by atoms with Crippen molar-refractivity contribution in [1.82, 2.24) is 15.1 Å². The summed E-state index contributed by atoms with van der Waals surface area (Å²) < 4.78 is 0. The predicted octanol–water partition coefficient (Wildman–Crippen LogP) is 1.73. The maximum atomic E-state index is 3.77. The first-order valence-corrected chi connectivity index (χ1v) is 7.63. The van der Waals surface area contributed by atoms with E-state index in [4.69, 9.17) is 0 Å². The number of nitrogens with one attached hydrogen (secondary N) is 1. The van der Waals surface area contributed by atoms with E-state index >= 15 is 0 Å². The second-order valence-electron chi connectivity index (χ2n) is 5.75. The van der Waals surface area contributed by atoms with Crippen LogP contribution in [0.1, 0.15) is 24.9 Å². The molecule has 3 saturated heterocycles. The Bertz CT molecular complexity index is 384. The van der Waals surface area contributed by atoms with Gasteiger partial charge in [-0.05, 0) is 18.5 Å². The summed E-state index contributed by atoms with van der Waals surface area (Å²) in [5.74, 6) is 0. The topological polar surface area (TPSA) is 18.5 Å². The van der Waals surface area contributed by atoms with Crippen LogP contribution in [-0.4, -0.2) is 55.1 Å². The van der Waals surface area contributed by atoms with Crippen LogP contribution in [0.5, 0.6) is 0 Å². The van der Waals surface area contributed by atoms with Gasteiger partial charge in [0.25, 0.3) is 0 Å². The van der Waals surface area contributed by atoms with Crippen LogP contribution < -0.4 is 5.32 Å². The van der Waals surface area contributed by atoms with Crippen molar-refractivity contribution in [1.29, 1.82) is 0 Å². The lowest BCUT2D eigenvalue weighted by atomic mass is 9.94. The van der Waals surface area contributed by atoms with Crippen LogP contribution in [-0.2, 0) is 0 Å². The maximum Gasteiger partial charge on any atom is 0.0490 e. The van der Waals surface area contributed by atoms with E-state index in [1.807, 2.05) is 0 Å². The van der Waals surface area contributed by atoms with E-state index in [1.54, 1.807) is 0 Å². The van der Waals surface area contributed by atoms with Gasteiger partial charge in [0.2, 0.25) is 0 Å². The van der Waals surface area contributed by atoms with E-state index < -0.39 is 0 Å². The van der Waals surface area contributed by atoms with Gasteiger partial charge in [-0.15, -0.1) is 0 Å². The van der Waals surface area contributed by atoms with Crippen LogP contribution in [0.2, 0.25) is 0 Å². The minimum atomic E-state index is 0.476. The molecular weight excluding hydrogens is 234 g/mol. The van der Waals surface area contributed by atoms with E-state index in [0.29, 0.717) is 12.1 Å². The molecule has 2 bridgehead atoms. The summed E-state index contributed by atoms with van der Waals surface area (Å²) >= 11 is 0. The fourth-order valence-electron chi connectivity index (χ4n) is 3.41. The molecule has 0 radical (unpaired) electrons. The highest BCUT2D eigenvalue weighted by atomic mass is 15.4. The fourth-order valence-corrected chi connectivity index (χ4v) is 3.41. The molecule has 0 amide bonds. The Morgan fingerprint density at radius 3 is 2.47 bits per heavy atom. The number of rotatable bonds is 5. The van der Waals surface area contributed by atoms with E-state index in [1.165, 1.54) is 44.7 Å². The first-order valence-electron chi connectivity index (χ1n) is 7.63. The molecule has 1 aromatic rings. The Balaban J connectivity index is 1.79. The molecule has 2 unspecified atom stereocenters. The lowest BCUT2D eigenvalue weighted by molar-refractivity contribution is -0.00364. The summed E-state index contributed by atoms with van der Waals surface area (Å²) in [7, 11) is 0. The number of nitrogens with zero attached hydrogens (tertiary/aromatic N) is 2. The van der Waals surface area contributed by atoms with Crippen LogP contribution in [0.3, 0.4) is 0 Å². The molecule has 1 N–H and O–H groups in total. The van der Waals surface area contributed by atoms with Gasteiger partial charge in [-0.25, -0.2) is 0 Å². The number of hydrogen-bond donors (Lipinski definition) is 1. The molecule has 2 atom stereocenters. The number of fused-ring (bicyclic) bond motifs is 3. The van der Waals surface area contributed by atoms with Crippen molar-refractivity contribution in [3.63, 3.8) is 0 Å². The summed E-state index contributed by atoms with van der Waals surface area (Å²) in [5.41, 5.74) is 1.44. The average Bonchev–Trinajstić information content (AvgIpc) is 2.50. The van der Waals surface area contributed by atoms with Crippen molar-refractivity contribution in [2.24, 2.45) is 0 Å². The Hall–Kier alpha value is -0.900. The van der Waals surface area contributed by atoms with Gasteiger partial charge in [0.1, 0.15) is 0 Å². The molecule has 19 heavy (non-hydrogen) atoms. The predicted molar refractivity (Wildman–Crippen MR) is 79.3 cm³/mol. The molecule has 3 aliphatic heterocycles. The van der Waals surface area contributed by atoms with Gasteiger partial charge in [0, 0.05) is 44.8 Å². The normalized spacial score (nSPS) is 31.3. The van der Waals surface area contributed by atoms with Crippen LogP contribution in [0.4, 0.5) is 0 Å². The van der Waals surface area contributed by atoms with E-state index in [2.05, 4.69) is 52.4 Å². The fraction of sp³-hybridized carbons (Fsp3) is 0.625. The Morgan fingerprint density at radius 2 is 1.89 bits per heavy atom. The summed E-state index contributed by atoms with van der Waals surface area (Å²) in [6.45, 7) is 9.55. The van der Waals surface area contributed by atoms with Gasteiger partial charge in [-0.3, -0.25) is 9.80 Å². The molecule has 104 valence electrons. The van der Waals surface area contributed by atoms with Crippen molar-refractivity contribution < 1.29 is 0 Å². The van der Waals surface area contributed by atoms with Crippen molar-refractivity contribution in [2.75, 3.05) is 39.3 Å². The first kappa shape index (κ1) is 13.1. The largest absolute Gasteiger partial charge is 0.309 e. The van der Waals surface area contributed by atoms with Crippen molar-refractivity contribution in [3.05, 3.63) is 35.9 Å². The zero-order valence-electron chi connectivity index (χ0n) is 11.9. The van der Waals surface area contributed by atoms with E-state index in [-0.39, 0.29) is 0 Å². The molecule has 0 spiro atoms. The molecule has 0 aliphatic carbocycles. The number of piperazine rings is 3. The quantitative estimate of drug-likeness (QED) is 0.869. The molecule has 0 saturated carbocycles. The zero-order valence-corrected chi connectivity index (χ0v) is 11.9. The first-order chi connectivity index (χ1) is 9.38. The van der Waals surface area contributed by atoms with Crippen LogP contribution in [0.15, 0.2) is 30.3 Å². The second kappa shape index (κ2) is 6.04. The van der Waals surface area contributed by atoms with Crippen LogP contribution in [0.25, 0.3) is 0 Å². The standard InChI is InChI=1S/C16H25N3/c1-2-8-17-16(14-6-4-3-5-7-14)15-13-18-9-11-19(15)12-10-18/h3-7,15-17H,2,8-13H2,1H3. The third kappa shape index (κ3) is 2.83.